The zero-order valence-corrected chi connectivity index (χ0v) is 16.8. The quantitative estimate of drug-likeness (QED) is 0.618. The highest BCUT2D eigenvalue weighted by atomic mass is 35.5. The van der Waals surface area contributed by atoms with Gasteiger partial charge in [0.1, 0.15) is 30.0 Å². The van der Waals surface area contributed by atoms with Gasteiger partial charge in [0, 0.05) is 12.0 Å². The summed E-state index contributed by atoms with van der Waals surface area (Å²) in [4.78, 5) is 4.77. The number of hydrogen-bond acceptors (Lipinski definition) is 4. The molecule has 3 rings (SSSR count). The Bertz CT molecular complexity index is 866. The summed E-state index contributed by atoms with van der Waals surface area (Å²) >= 11 is 0. The van der Waals surface area contributed by atoms with Crippen molar-refractivity contribution < 1.29 is 14.6 Å². The van der Waals surface area contributed by atoms with E-state index < -0.39 is 6.10 Å². The lowest BCUT2D eigenvalue weighted by molar-refractivity contribution is 0.0923. The molecule has 0 fully saturated rings. The van der Waals surface area contributed by atoms with Gasteiger partial charge in [0.2, 0.25) is 0 Å². The summed E-state index contributed by atoms with van der Waals surface area (Å²) in [7, 11) is 1.62. The monoisotopic (exact) mass is 390 g/mol. The number of benzene rings is 2. The molecule has 2 unspecified atom stereocenters. The summed E-state index contributed by atoms with van der Waals surface area (Å²) in [6.45, 7) is 4.97. The van der Waals surface area contributed by atoms with E-state index in [9.17, 15) is 5.11 Å². The number of aliphatic hydroxyl groups excluding tert-OH is 1. The largest absolute Gasteiger partial charge is 0.497 e. The van der Waals surface area contributed by atoms with Gasteiger partial charge in [-0.25, -0.2) is 4.98 Å². The first-order chi connectivity index (χ1) is 12.6. The van der Waals surface area contributed by atoms with Crippen LogP contribution in [0.3, 0.4) is 0 Å². The van der Waals surface area contributed by atoms with Gasteiger partial charge in [-0.15, -0.1) is 12.4 Å². The number of rotatable bonds is 8. The van der Waals surface area contributed by atoms with Crippen LogP contribution in [-0.2, 0) is 6.54 Å². The van der Waals surface area contributed by atoms with Crippen molar-refractivity contribution in [3.63, 3.8) is 0 Å². The predicted octanol–water partition coefficient (Wildman–Crippen LogP) is 4.42. The molecule has 0 amide bonds. The number of methoxy groups -OCH3 is 1. The number of halogens is 1. The molecule has 1 aromatic heterocycles. The maximum Gasteiger partial charge on any atom is 0.123 e. The van der Waals surface area contributed by atoms with E-state index in [1.54, 1.807) is 7.11 Å². The maximum atomic E-state index is 10.5. The minimum absolute atomic E-state index is 0. The molecule has 1 heterocycles. The van der Waals surface area contributed by atoms with E-state index in [0.29, 0.717) is 18.2 Å². The zero-order valence-electron chi connectivity index (χ0n) is 16.0. The summed E-state index contributed by atoms with van der Waals surface area (Å²) in [5.74, 6) is 2.75. The van der Waals surface area contributed by atoms with Crippen LogP contribution < -0.4 is 9.47 Å². The lowest BCUT2D eigenvalue weighted by Crippen LogP contribution is -2.25. The molecule has 3 aromatic rings. The van der Waals surface area contributed by atoms with E-state index in [1.807, 2.05) is 48.5 Å². The second-order valence-corrected chi connectivity index (χ2v) is 6.52. The fourth-order valence-electron chi connectivity index (χ4n) is 2.99. The Morgan fingerprint density at radius 2 is 1.85 bits per heavy atom. The fourth-order valence-corrected chi connectivity index (χ4v) is 2.99. The molecule has 2 aromatic carbocycles. The van der Waals surface area contributed by atoms with Crippen LogP contribution in [0.25, 0.3) is 11.0 Å². The molecule has 5 nitrogen and oxygen atoms in total. The minimum Gasteiger partial charge on any atom is -0.497 e. The second kappa shape index (κ2) is 9.62. The molecule has 27 heavy (non-hydrogen) atoms. The van der Waals surface area contributed by atoms with Crippen LogP contribution in [0.1, 0.15) is 32.0 Å². The number of fused-ring (bicyclic) bond motifs is 1. The van der Waals surface area contributed by atoms with Crippen LogP contribution in [0.4, 0.5) is 0 Å². The molecule has 0 aliphatic heterocycles. The Morgan fingerprint density at radius 1 is 1.11 bits per heavy atom. The van der Waals surface area contributed by atoms with Crippen molar-refractivity contribution >= 4 is 23.4 Å². The Balaban J connectivity index is 0.00000261. The average molecular weight is 391 g/mol. The van der Waals surface area contributed by atoms with Crippen LogP contribution in [-0.4, -0.2) is 34.5 Å². The first-order valence-electron chi connectivity index (χ1n) is 9.02. The van der Waals surface area contributed by atoms with E-state index in [0.717, 1.165) is 29.0 Å². The Hall–Kier alpha value is -2.24. The highest BCUT2D eigenvalue weighted by molar-refractivity contribution is 5.85. The molecule has 0 radical (unpaired) electrons. The topological polar surface area (TPSA) is 56.5 Å². The number of imidazole rings is 1. The number of aliphatic hydroxyl groups is 1. The number of hydrogen-bond donors (Lipinski definition) is 1. The predicted molar refractivity (Wildman–Crippen MR) is 110 cm³/mol. The normalized spacial score (nSPS) is 13.0. The van der Waals surface area contributed by atoms with Crippen molar-refractivity contribution in [2.75, 3.05) is 13.7 Å². The van der Waals surface area contributed by atoms with Gasteiger partial charge in [-0.2, -0.15) is 0 Å². The van der Waals surface area contributed by atoms with Crippen molar-refractivity contribution in [3.8, 4) is 11.5 Å². The third-order valence-corrected chi connectivity index (χ3v) is 4.61. The van der Waals surface area contributed by atoms with Crippen molar-refractivity contribution in [1.29, 1.82) is 0 Å². The zero-order chi connectivity index (χ0) is 18.5. The lowest BCUT2D eigenvalue weighted by atomic mass is 10.1. The molecule has 0 bridgehead atoms. The van der Waals surface area contributed by atoms with Crippen molar-refractivity contribution in [1.82, 2.24) is 9.55 Å². The Morgan fingerprint density at radius 3 is 2.59 bits per heavy atom. The van der Waals surface area contributed by atoms with Crippen LogP contribution >= 0.6 is 12.4 Å². The number of nitrogens with zero attached hydrogens (tertiary/aromatic N) is 2. The van der Waals surface area contributed by atoms with Gasteiger partial charge < -0.3 is 19.1 Å². The van der Waals surface area contributed by atoms with Crippen molar-refractivity contribution in [2.45, 2.75) is 38.8 Å². The minimum atomic E-state index is -0.637. The molecular formula is C21H27ClN2O3. The van der Waals surface area contributed by atoms with E-state index in [4.69, 9.17) is 14.5 Å². The molecule has 0 aliphatic rings. The Kier molecular flexibility index (Phi) is 7.51. The summed E-state index contributed by atoms with van der Waals surface area (Å²) in [5, 5.41) is 10.5. The second-order valence-electron chi connectivity index (χ2n) is 6.52. The summed E-state index contributed by atoms with van der Waals surface area (Å²) in [6, 6.07) is 15.4. The smallest absolute Gasteiger partial charge is 0.123 e. The SMILES string of the molecule is CCC(C)c1nc2ccccc2n1CC(O)COc1cccc(OC)c1.Cl. The lowest BCUT2D eigenvalue weighted by Gasteiger charge is -2.18. The summed E-state index contributed by atoms with van der Waals surface area (Å²) in [5.41, 5.74) is 2.01. The fraction of sp³-hybridized carbons (Fsp3) is 0.381. The van der Waals surface area contributed by atoms with Crippen LogP contribution in [0, 0.1) is 0 Å². The standard InChI is InChI=1S/C21H26N2O3.ClH/c1-4-15(2)21-22-19-10-5-6-11-20(19)23(21)13-16(24)14-26-18-9-7-8-17(12-18)25-3;/h5-12,15-16,24H,4,13-14H2,1-3H3;1H. The van der Waals surface area contributed by atoms with Gasteiger partial charge >= 0.3 is 0 Å². The van der Waals surface area contributed by atoms with Crippen LogP contribution in [0.2, 0.25) is 0 Å². The number of ether oxygens (including phenoxy) is 2. The van der Waals surface area contributed by atoms with Gasteiger partial charge in [0.05, 0.1) is 24.7 Å². The number of aromatic nitrogens is 2. The third-order valence-electron chi connectivity index (χ3n) is 4.61. The van der Waals surface area contributed by atoms with Gasteiger partial charge in [0.25, 0.3) is 0 Å². The molecule has 1 N–H and O–H groups in total. The van der Waals surface area contributed by atoms with Crippen molar-refractivity contribution in [2.24, 2.45) is 0 Å². The molecule has 0 spiro atoms. The van der Waals surface area contributed by atoms with E-state index in [2.05, 4.69) is 18.4 Å². The van der Waals surface area contributed by atoms with Gasteiger partial charge in [-0.1, -0.05) is 32.0 Å². The summed E-state index contributed by atoms with van der Waals surface area (Å²) in [6.07, 6.45) is 0.362. The molecule has 146 valence electrons. The Labute approximate surface area is 166 Å². The van der Waals surface area contributed by atoms with Crippen LogP contribution in [0.5, 0.6) is 11.5 Å². The molecule has 0 aliphatic carbocycles. The van der Waals surface area contributed by atoms with E-state index in [-0.39, 0.29) is 19.0 Å². The van der Waals surface area contributed by atoms with Gasteiger partial charge in [0.15, 0.2) is 0 Å². The van der Waals surface area contributed by atoms with Crippen LogP contribution in [0.15, 0.2) is 48.5 Å². The molecule has 2 atom stereocenters. The van der Waals surface area contributed by atoms with Gasteiger partial charge in [-0.05, 0) is 30.7 Å². The maximum absolute atomic E-state index is 10.5. The van der Waals surface area contributed by atoms with Crippen molar-refractivity contribution in [3.05, 3.63) is 54.4 Å². The molecule has 0 saturated carbocycles. The summed E-state index contributed by atoms with van der Waals surface area (Å²) < 4.78 is 13.0. The first-order valence-corrected chi connectivity index (χ1v) is 9.02. The number of para-hydroxylation sites is 2. The van der Waals surface area contributed by atoms with E-state index in [1.165, 1.54) is 0 Å². The molecule has 0 saturated heterocycles. The highest BCUT2D eigenvalue weighted by Gasteiger charge is 2.18. The van der Waals surface area contributed by atoms with Gasteiger partial charge in [-0.3, -0.25) is 0 Å². The highest BCUT2D eigenvalue weighted by Crippen LogP contribution is 2.25. The average Bonchev–Trinajstić information content (AvgIpc) is 3.04. The molecule has 6 heteroatoms. The third kappa shape index (κ3) is 4.93. The first kappa shape index (κ1) is 21.1. The molecular weight excluding hydrogens is 364 g/mol. The van der Waals surface area contributed by atoms with E-state index >= 15 is 0 Å².